The summed E-state index contributed by atoms with van der Waals surface area (Å²) in [5, 5.41) is 0. The van der Waals surface area contributed by atoms with E-state index in [9.17, 15) is 0 Å². The number of hydrogen-bond acceptors (Lipinski definition) is 3. The molecule has 0 amide bonds. The molecule has 0 fully saturated rings. The van der Waals surface area contributed by atoms with Crippen LogP contribution in [0.4, 0.5) is 0 Å². The first-order valence-corrected chi connectivity index (χ1v) is 6.86. The molecule has 0 bridgehead atoms. The number of thioether (sulfide) groups is 1. The lowest BCUT2D eigenvalue weighted by Crippen LogP contribution is -2.46. The third kappa shape index (κ3) is 4.02. The van der Waals surface area contributed by atoms with Crippen LogP contribution in [0.1, 0.15) is 25.0 Å². The summed E-state index contributed by atoms with van der Waals surface area (Å²) in [6.07, 6.45) is 0. The minimum Gasteiger partial charge on any atom is -0.377 e. The van der Waals surface area contributed by atoms with Gasteiger partial charge in [-0.3, -0.25) is 0 Å². The van der Waals surface area contributed by atoms with Crippen molar-refractivity contribution in [3.8, 4) is 0 Å². The maximum atomic E-state index is 6.14. The molecule has 3 heteroatoms. The second kappa shape index (κ2) is 5.89. The van der Waals surface area contributed by atoms with Crippen LogP contribution in [-0.4, -0.2) is 24.5 Å². The molecule has 1 aromatic rings. The van der Waals surface area contributed by atoms with E-state index in [-0.39, 0.29) is 11.6 Å². The molecular weight excluding hydrogens is 230 g/mol. The highest BCUT2D eigenvalue weighted by Crippen LogP contribution is 2.26. The second-order valence-electron chi connectivity index (χ2n) is 4.99. The van der Waals surface area contributed by atoms with Crippen molar-refractivity contribution in [3.63, 3.8) is 0 Å². The minimum atomic E-state index is -0.272. The highest BCUT2D eigenvalue weighted by molar-refractivity contribution is 7.99. The molecule has 0 aliphatic carbocycles. The molecule has 0 radical (unpaired) electrons. The summed E-state index contributed by atoms with van der Waals surface area (Å²) in [5.41, 5.74) is 8.49. The predicted molar refractivity (Wildman–Crippen MR) is 75.7 cm³/mol. The highest BCUT2D eigenvalue weighted by atomic mass is 32.2. The van der Waals surface area contributed by atoms with E-state index in [1.165, 1.54) is 16.0 Å². The molecule has 0 saturated carbocycles. The summed E-state index contributed by atoms with van der Waals surface area (Å²) >= 11 is 1.80. The van der Waals surface area contributed by atoms with Crippen LogP contribution in [0.25, 0.3) is 0 Å². The number of hydrogen-bond donors (Lipinski definition) is 1. The monoisotopic (exact) mass is 253 g/mol. The molecule has 0 aromatic heterocycles. The number of ether oxygens (including phenoxy) is 1. The van der Waals surface area contributed by atoms with Crippen LogP contribution < -0.4 is 5.73 Å². The zero-order valence-electron chi connectivity index (χ0n) is 11.4. The first kappa shape index (κ1) is 14.6. The van der Waals surface area contributed by atoms with Crippen LogP contribution in [0.3, 0.4) is 0 Å². The molecule has 1 unspecified atom stereocenters. The minimum absolute atomic E-state index is 0.0261. The molecular formula is C14H23NOS. The molecule has 17 heavy (non-hydrogen) atoms. The molecule has 1 aromatic carbocycles. The zero-order chi connectivity index (χ0) is 13.1. The van der Waals surface area contributed by atoms with Gasteiger partial charge in [-0.1, -0.05) is 17.7 Å². The zero-order valence-corrected chi connectivity index (χ0v) is 12.2. The molecule has 0 saturated heterocycles. The molecule has 96 valence electrons. The third-order valence-electron chi connectivity index (χ3n) is 3.17. The molecule has 1 rings (SSSR count). The Morgan fingerprint density at radius 3 is 2.53 bits per heavy atom. The Kier molecular flexibility index (Phi) is 5.04. The average molecular weight is 253 g/mol. The largest absolute Gasteiger partial charge is 0.377 e. The van der Waals surface area contributed by atoms with Crippen LogP contribution in [0.5, 0.6) is 0 Å². The van der Waals surface area contributed by atoms with Crippen molar-refractivity contribution in [2.45, 2.75) is 44.2 Å². The molecule has 0 aliphatic rings. The van der Waals surface area contributed by atoms with Crippen molar-refractivity contribution in [2.75, 3.05) is 12.9 Å². The molecule has 2 N–H and O–H groups in total. The Morgan fingerprint density at radius 1 is 1.35 bits per heavy atom. The van der Waals surface area contributed by atoms with Crippen molar-refractivity contribution in [1.29, 1.82) is 0 Å². The fraction of sp³-hybridized carbons (Fsp3) is 0.571. The third-order valence-corrected chi connectivity index (χ3v) is 4.46. The first-order chi connectivity index (χ1) is 7.86. The molecule has 0 heterocycles. The van der Waals surface area contributed by atoms with Crippen molar-refractivity contribution in [3.05, 3.63) is 29.3 Å². The maximum absolute atomic E-state index is 6.14. The van der Waals surface area contributed by atoms with E-state index in [1.807, 2.05) is 13.8 Å². The van der Waals surface area contributed by atoms with Gasteiger partial charge in [-0.2, -0.15) is 0 Å². The van der Waals surface area contributed by atoms with Gasteiger partial charge in [0.2, 0.25) is 0 Å². The lowest BCUT2D eigenvalue weighted by Gasteiger charge is -2.29. The SMILES string of the molecule is COC(C)(C)C(N)CSc1ccc(C)cc1C. The smallest absolute Gasteiger partial charge is 0.0781 e. The summed E-state index contributed by atoms with van der Waals surface area (Å²) in [7, 11) is 1.71. The Labute approximate surface area is 109 Å². The highest BCUT2D eigenvalue weighted by Gasteiger charge is 2.25. The fourth-order valence-electron chi connectivity index (χ4n) is 1.49. The maximum Gasteiger partial charge on any atom is 0.0781 e. The molecule has 0 spiro atoms. The van der Waals surface area contributed by atoms with Crippen LogP contribution >= 0.6 is 11.8 Å². The van der Waals surface area contributed by atoms with E-state index in [4.69, 9.17) is 10.5 Å². The topological polar surface area (TPSA) is 35.2 Å². The lowest BCUT2D eigenvalue weighted by atomic mass is 10.0. The average Bonchev–Trinajstić information content (AvgIpc) is 2.27. The van der Waals surface area contributed by atoms with Crippen molar-refractivity contribution in [2.24, 2.45) is 5.73 Å². The standard InChI is InChI=1S/C14H23NOS/c1-10-6-7-12(11(2)8-10)17-9-13(15)14(3,4)16-5/h6-8,13H,9,15H2,1-5H3. The lowest BCUT2D eigenvalue weighted by molar-refractivity contribution is 0.00667. The summed E-state index contributed by atoms with van der Waals surface area (Å²) in [6, 6.07) is 6.54. The van der Waals surface area contributed by atoms with E-state index < -0.39 is 0 Å². The quantitative estimate of drug-likeness (QED) is 0.819. The van der Waals surface area contributed by atoms with Gasteiger partial charge >= 0.3 is 0 Å². The molecule has 2 nitrogen and oxygen atoms in total. The summed E-state index contributed by atoms with van der Waals surface area (Å²) in [5.74, 6) is 0.866. The Morgan fingerprint density at radius 2 is 2.00 bits per heavy atom. The van der Waals surface area contributed by atoms with E-state index in [1.54, 1.807) is 18.9 Å². The normalized spacial score (nSPS) is 13.8. The predicted octanol–water partition coefficient (Wildman–Crippen LogP) is 3.15. The Bertz CT molecular complexity index is 376. The second-order valence-corrected chi connectivity index (χ2v) is 6.06. The van der Waals surface area contributed by atoms with Gasteiger partial charge in [0.1, 0.15) is 0 Å². The number of nitrogens with two attached hydrogens (primary N) is 1. The van der Waals surface area contributed by atoms with E-state index in [2.05, 4.69) is 32.0 Å². The van der Waals surface area contributed by atoms with Gasteiger partial charge in [-0.05, 0) is 39.3 Å². The van der Waals surface area contributed by atoms with Crippen molar-refractivity contribution < 1.29 is 4.74 Å². The van der Waals surface area contributed by atoms with Gasteiger partial charge in [-0.25, -0.2) is 0 Å². The molecule has 0 aliphatic heterocycles. The number of rotatable bonds is 5. The van der Waals surface area contributed by atoms with Crippen LogP contribution in [-0.2, 0) is 4.74 Å². The van der Waals surface area contributed by atoms with Crippen LogP contribution in [0.2, 0.25) is 0 Å². The number of aryl methyl sites for hydroxylation is 2. The van der Waals surface area contributed by atoms with Gasteiger partial charge in [0.25, 0.3) is 0 Å². The fourth-order valence-corrected chi connectivity index (χ4v) is 2.70. The van der Waals surface area contributed by atoms with Crippen LogP contribution in [0.15, 0.2) is 23.1 Å². The Balaban J connectivity index is 2.62. The number of methoxy groups -OCH3 is 1. The molecule has 1 atom stereocenters. The van der Waals surface area contributed by atoms with Gasteiger partial charge in [-0.15, -0.1) is 11.8 Å². The summed E-state index contributed by atoms with van der Waals surface area (Å²) in [4.78, 5) is 1.30. The summed E-state index contributed by atoms with van der Waals surface area (Å²) < 4.78 is 5.40. The van der Waals surface area contributed by atoms with E-state index in [0.717, 1.165) is 5.75 Å². The number of benzene rings is 1. The van der Waals surface area contributed by atoms with E-state index in [0.29, 0.717) is 0 Å². The summed E-state index contributed by atoms with van der Waals surface area (Å²) in [6.45, 7) is 8.31. The first-order valence-electron chi connectivity index (χ1n) is 5.87. The van der Waals surface area contributed by atoms with Gasteiger partial charge in [0.15, 0.2) is 0 Å². The van der Waals surface area contributed by atoms with Crippen molar-refractivity contribution >= 4 is 11.8 Å². The van der Waals surface area contributed by atoms with E-state index >= 15 is 0 Å². The van der Waals surface area contributed by atoms with Crippen LogP contribution in [0, 0.1) is 13.8 Å². The Hall–Kier alpha value is -0.510. The van der Waals surface area contributed by atoms with Gasteiger partial charge in [0.05, 0.1) is 5.60 Å². The van der Waals surface area contributed by atoms with Crippen molar-refractivity contribution in [1.82, 2.24) is 0 Å². The van der Waals surface area contributed by atoms with Gasteiger partial charge in [0, 0.05) is 23.8 Å². The van der Waals surface area contributed by atoms with Gasteiger partial charge < -0.3 is 10.5 Å².